The Bertz CT molecular complexity index is 574. The van der Waals surface area contributed by atoms with Gasteiger partial charge < -0.3 is 9.88 Å². The molecule has 0 spiro atoms. The van der Waals surface area contributed by atoms with Crippen LogP contribution < -0.4 is 5.32 Å². The second-order valence-electron chi connectivity index (χ2n) is 4.66. The molecular formula is C15H19N3O. The molecule has 0 aliphatic rings. The van der Waals surface area contributed by atoms with Gasteiger partial charge in [0.1, 0.15) is 11.9 Å². The minimum Gasteiger partial charge on any atom is -0.342 e. The van der Waals surface area contributed by atoms with Crippen LogP contribution in [0, 0.1) is 6.92 Å². The van der Waals surface area contributed by atoms with Crippen molar-refractivity contribution in [3.8, 4) is 0 Å². The van der Waals surface area contributed by atoms with E-state index in [1.807, 2.05) is 49.9 Å². The number of carbonyl (C=O) groups excluding carboxylic acids is 1. The quantitative estimate of drug-likeness (QED) is 0.914. The third-order valence-electron chi connectivity index (χ3n) is 3.12. The molecule has 1 unspecified atom stereocenters. The van der Waals surface area contributed by atoms with Crippen LogP contribution in [0.25, 0.3) is 0 Å². The molecule has 1 heterocycles. The highest BCUT2D eigenvalue weighted by atomic mass is 16.1. The van der Waals surface area contributed by atoms with Crippen molar-refractivity contribution in [2.75, 3.05) is 0 Å². The number of aromatic nitrogens is 2. The summed E-state index contributed by atoms with van der Waals surface area (Å²) in [6.45, 7) is 3.89. The van der Waals surface area contributed by atoms with Crippen molar-refractivity contribution < 1.29 is 4.79 Å². The summed E-state index contributed by atoms with van der Waals surface area (Å²) in [6, 6.07) is 7.93. The molecule has 100 valence electrons. The zero-order valence-corrected chi connectivity index (χ0v) is 11.6. The third-order valence-corrected chi connectivity index (χ3v) is 3.12. The summed E-state index contributed by atoms with van der Waals surface area (Å²) in [4.78, 5) is 16.1. The predicted molar refractivity (Wildman–Crippen MR) is 74.7 cm³/mol. The topological polar surface area (TPSA) is 46.9 Å². The summed E-state index contributed by atoms with van der Waals surface area (Å²) < 4.78 is 1.93. The summed E-state index contributed by atoms with van der Waals surface area (Å²) in [5, 5.41) is 3.03. The molecule has 1 aromatic heterocycles. The van der Waals surface area contributed by atoms with Crippen LogP contribution in [0.3, 0.4) is 0 Å². The molecule has 0 aliphatic heterocycles. The highest BCUT2D eigenvalue weighted by molar-refractivity contribution is 5.76. The van der Waals surface area contributed by atoms with Crippen LogP contribution in [-0.4, -0.2) is 15.5 Å². The van der Waals surface area contributed by atoms with Crippen LogP contribution in [0.15, 0.2) is 36.7 Å². The van der Waals surface area contributed by atoms with Gasteiger partial charge in [-0.1, -0.05) is 36.8 Å². The fraction of sp³-hybridized carbons (Fsp3) is 0.333. The molecule has 4 nitrogen and oxygen atoms in total. The number of hydrogen-bond acceptors (Lipinski definition) is 2. The van der Waals surface area contributed by atoms with Crippen molar-refractivity contribution in [2.24, 2.45) is 7.05 Å². The fourth-order valence-corrected chi connectivity index (χ4v) is 2.06. The maximum absolute atomic E-state index is 11.7. The van der Waals surface area contributed by atoms with E-state index in [9.17, 15) is 4.79 Å². The molecule has 2 aromatic rings. The average Bonchev–Trinajstić information content (AvgIpc) is 2.81. The largest absolute Gasteiger partial charge is 0.342 e. The van der Waals surface area contributed by atoms with E-state index in [1.54, 1.807) is 6.20 Å². The summed E-state index contributed by atoms with van der Waals surface area (Å²) >= 11 is 0. The lowest BCUT2D eigenvalue weighted by atomic mass is 10.0. The second kappa shape index (κ2) is 5.69. The molecule has 0 fully saturated rings. The lowest BCUT2D eigenvalue weighted by Crippen LogP contribution is -2.30. The molecule has 1 aromatic carbocycles. The second-order valence-corrected chi connectivity index (χ2v) is 4.66. The number of nitrogens with one attached hydrogen (secondary N) is 1. The van der Waals surface area contributed by atoms with E-state index >= 15 is 0 Å². The molecule has 1 N–H and O–H groups in total. The molecule has 0 aliphatic carbocycles. The van der Waals surface area contributed by atoms with E-state index in [4.69, 9.17) is 0 Å². The smallest absolute Gasteiger partial charge is 0.220 e. The van der Waals surface area contributed by atoms with Gasteiger partial charge in [-0.15, -0.1) is 0 Å². The minimum atomic E-state index is -0.202. The van der Waals surface area contributed by atoms with Gasteiger partial charge in [0.25, 0.3) is 0 Å². The average molecular weight is 257 g/mol. The van der Waals surface area contributed by atoms with Gasteiger partial charge in [0.05, 0.1) is 0 Å². The van der Waals surface area contributed by atoms with Crippen LogP contribution in [0.5, 0.6) is 0 Å². The summed E-state index contributed by atoms with van der Waals surface area (Å²) in [7, 11) is 1.93. The van der Waals surface area contributed by atoms with Gasteiger partial charge in [0.15, 0.2) is 0 Å². The lowest BCUT2D eigenvalue weighted by Gasteiger charge is -2.19. The SMILES string of the molecule is CCC(=O)NC(c1cccc(C)c1)c1nccn1C. The number of aryl methyl sites for hydroxylation is 2. The van der Waals surface area contributed by atoms with Crippen molar-refractivity contribution in [3.63, 3.8) is 0 Å². The highest BCUT2D eigenvalue weighted by Crippen LogP contribution is 2.21. The monoisotopic (exact) mass is 257 g/mol. The Morgan fingerprint density at radius 1 is 1.47 bits per heavy atom. The normalized spacial score (nSPS) is 12.2. The van der Waals surface area contributed by atoms with Crippen LogP contribution in [-0.2, 0) is 11.8 Å². The van der Waals surface area contributed by atoms with Crippen LogP contribution >= 0.6 is 0 Å². The third kappa shape index (κ3) is 3.02. The van der Waals surface area contributed by atoms with Crippen molar-refractivity contribution in [3.05, 3.63) is 53.6 Å². The molecule has 19 heavy (non-hydrogen) atoms. The van der Waals surface area contributed by atoms with Crippen molar-refractivity contribution in [2.45, 2.75) is 26.3 Å². The Morgan fingerprint density at radius 2 is 2.26 bits per heavy atom. The predicted octanol–water partition coefficient (Wildman–Crippen LogP) is 2.34. The van der Waals surface area contributed by atoms with Gasteiger partial charge in [-0.2, -0.15) is 0 Å². The summed E-state index contributed by atoms with van der Waals surface area (Å²) in [5.41, 5.74) is 2.22. The van der Waals surface area contributed by atoms with Gasteiger partial charge >= 0.3 is 0 Å². The standard InChI is InChI=1S/C15H19N3O/c1-4-13(19)17-14(15-16-8-9-18(15)3)12-7-5-6-11(2)10-12/h5-10,14H,4H2,1-3H3,(H,17,19). The first kappa shape index (κ1) is 13.3. The first-order valence-electron chi connectivity index (χ1n) is 6.45. The van der Waals surface area contributed by atoms with E-state index in [0.29, 0.717) is 6.42 Å². The van der Waals surface area contributed by atoms with Gasteiger partial charge in [-0.05, 0) is 12.5 Å². The van der Waals surface area contributed by atoms with Crippen LogP contribution in [0.4, 0.5) is 0 Å². The Labute approximate surface area is 113 Å². The molecule has 0 radical (unpaired) electrons. The maximum Gasteiger partial charge on any atom is 0.220 e. The van der Waals surface area contributed by atoms with Crippen molar-refractivity contribution in [1.29, 1.82) is 0 Å². The Hall–Kier alpha value is -2.10. The van der Waals surface area contributed by atoms with Gasteiger partial charge in [0, 0.05) is 25.9 Å². The zero-order valence-electron chi connectivity index (χ0n) is 11.6. The Kier molecular flexibility index (Phi) is 4.00. The van der Waals surface area contributed by atoms with Gasteiger partial charge in [0.2, 0.25) is 5.91 Å². The first-order chi connectivity index (χ1) is 9.11. The van der Waals surface area contributed by atoms with Gasteiger partial charge in [-0.25, -0.2) is 4.98 Å². The fourth-order valence-electron chi connectivity index (χ4n) is 2.06. The highest BCUT2D eigenvalue weighted by Gasteiger charge is 2.19. The molecule has 4 heteroatoms. The molecule has 2 rings (SSSR count). The lowest BCUT2D eigenvalue weighted by molar-refractivity contribution is -0.121. The van der Waals surface area contributed by atoms with E-state index in [2.05, 4.69) is 16.4 Å². The van der Waals surface area contributed by atoms with E-state index in [0.717, 1.165) is 11.4 Å². The molecular weight excluding hydrogens is 238 g/mol. The molecule has 1 atom stereocenters. The number of benzene rings is 1. The molecule has 0 bridgehead atoms. The first-order valence-corrected chi connectivity index (χ1v) is 6.45. The summed E-state index contributed by atoms with van der Waals surface area (Å²) in [6.07, 6.45) is 4.10. The van der Waals surface area contributed by atoms with Crippen LogP contribution in [0.1, 0.15) is 36.3 Å². The Balaban J connectivity index is 2.40. The minimum absolute atomic E-state index is 0.0227. The zero-order chi connectivity index (χ0) is 13.8. The van der Waals surface area contributed by atoms with Crippen molar-refractivity contribution >= 4 is 5.91 Å². The van der Waals surface area contributed by atoms with Gasteiger partial charge in [-0.3, -0.25) is 4.79 Å². The molecule has 0 saturated heterocycles. The number of rotatable bonds is 4. The number of nitrogens with zero attached hydrogens (tertiary/aromatic N) is 2. The number of imidazole rings is 1. The van der Waals surface area contributed by atoms with Crippen LogP contribution in [0.2, 0.25) is 0 Å². The van der Waals surface area contributed by atoms with E-state index < -0.39 is 0 Å². The van der Waals surface area contributed by atoms with Crippen molar-refractivity contribution in [1.82, 2.24) is 14.9 Å². The maximum atomic E-state index is 11.7. The molecule has 0 saturated carbocycles. The van der Waals surface area contributed by atoms with E-state index in [1.165, 1.54) is 5.56 Å². The Morgan fingerprint density at radius 3 is 2.84 bits per heavy atom. The summed E-state index contributed by atoms with van der Waals surface area (Å²) in [5.74, 6) is 0.863. The number of carbonyl (C=O) groups is 1. The van der Waals surface area contributed by atoms with E-state index in [-0.39, 0.29) is 11.9 Å². The number of hydrogen-bond donors (Lipinski definition) is 1. The molecule has 1 amide bonds. The number of amides is 1.